The van der Waals surface area contributed by atoms with Crippen LogP contribution in [0.4, 0.5) is 0 Å². The molecule has 0 aliphatic carbocycles. The van der Waals surface area contributed by atoms with E-state index < -0.39 is 20.3 Å². The Labute approximate surface area is 164 Å². The van der Waals surface area contributed by atoms with Crippen molar-refractivity contribution >= 4 is 27.3 Å². The first kappa shape index (κ1) is 22.1. The second kappa shape index (κ2) is 7.56. The average Bonchev–Trinajstić information content (AvgIpc) is 2.93. The molecule has 0 aromatic heterocycles. The van der Waals surface area contributed by atoms with Gasteiger partial charge in [0, 0.05) is 25.2 Å². The van der Waals surface area contributed by atoms with E-state index >= 15 is 0 Å². The third-order valence-corrected chi connectivity index (χ3v) is 8.91. The van der Waals surface area contributed by atoms with E-state index in [1.165, 1.54) is 0 Å². The van der Waals surface area contributed by atoms with Gasteiger partial charge in [0.05, 0.1) is 49.3 Å². The topological polar surface area (TPSA) is 55.4 Å². The first-order valence-electron chi connectivity index (χ1n) is 9.74. The molecule has 0 N–H and O–H groups in total. The van der Waals surface area contributed by atoms with Gasteiger partial charge < -0.3 is 27.6 Å². The third-order valence-electron chi connectivity index (χ3n) is 6.16. The Hall–Kier alpha value is 0.360. The fourth-order valence-electron chi connectivity index (χ4n) is 4.26. The predicted molar refractivity (Wildman–Crippen MR) is 113 cm³/mol. The maximum Gasteiger partial charge on any atom is 0.115 e. The van der Waals surface area contributed by atoms with Crippen LogP contribution in [0.25, 0.3) is 0 Å². The monoisotopic (exact) mass is 422 g/mol. The van der Waals surface area contributed by atoms with Gasteiger partial charge in [-0.2, -0.15) is 0 Å². The van der Waals surface area contributed by atoms with Crippen LogP contribution < -0.4 is 0 Å². The molecule has 0 radical (unpaired) electrons. The number of ether oxygens (including phenoxy) is 2. The van der Waals surface area contributed by atoms with Crippen LogP contribution in [0.15, 0.2) is 0 Å². The molecule has 158 valence electrons. The molecular formula is C19H36O6P2. The minimum atomic E-state index is -2.28. The minimum absolute atomic E-state index is 0.0408. The standard InChI is InChI=1S/C19H36O6P2/c1-12-16-10-20-26(6,7)25-18-13(2)19(5,23-15(18)4)11-21-27(8,9)24-17(12)14(3)22-16/h12-18H,6,8,10-11H2,1-5,7,9H3/t12-,13+,14+,15+,16-,17-,18-,19-,26?,27?/m1/s1. The summed E-state index contributed by atoms with van der Waals surface area (Å²) in [6.07, 6.45) is 8.17. The maximum atomic E-state index is 6.39. The molecule has 0 aromatic rings. The van der Waals surface area contributed by atoms with Crippen molar-refractivity contribution in [3.8, 4) is 0 Å². The average molecular weight is 422 g/mol. The second-order valence-electron chi connectivity index (χ2n) is 8.90. The normalized spacial score (nSPS) is 57.4. The lowest BCUT2D eigenvalue weighted by Crippen LogP contribution is -2.39. The molecule has 3 fully saturated rings. The molecule has 3 aliphatic rings. The van der Waals surface area contributed by atoms with E-state index in [2.05, 4.69) is 33.4 Å². The molecule has 10 atom stereocenters. The molecule has 27 heavy (non-hydrogen) atoms. The molecular weight excluding hydrogens is 386 g/mol. The summed E-state index contributed by atoms with van der Waals surface area (Å²) >= 11 is 0. The van der Waals surface area contributed by atoms with Gasteiger partial charge in [0.15, 0.2) is 0 Å². The quantitative estimate of drug-likeness (QED) is 0.553. The molecule has 0 spiro atoms. The van der Waals surface area contributed by atoms with Gasteiger partial charge >= 0.3 is 0 Å². The molecule has 3 heterocycles. The van der Waals surface area contributed by atoms with Crippen LogP contribution in [-0.4, -0.2) is 75.3 Å². The van der Waals surface area contributed by atoms with Gasteiger partial charge in [0.2, 0.25) is 0 Å². The van der Waals surface area contributed by atoms with Gasteiger partial charge in [-0.1, -0.05) is 26.4 Å². The Kier molecular flexibility index (Phi) is 6.17. The fourth-order valence-corrected chi connectivity index (χ4v) is 7.12. The van der Waals surface area contributed by atoms with Gasteiger partial charge in [-0.05, 0) is 20.8 Å². The van der Waals surface area contributed by atoms with E-state index in [1.807, 2.05) is 27.2 Å². The van der Waals surface area contributed by atoms with Crippen molar-refractivity contribution in [2.75, 3.05) is 26.5 Å². The third kappa shape index (κ3) is 4.59. The van der Waals surface area contributed by atoms with Gasteiger partial charge in [-0.15, -0.1) is 0 Å². The summed E-state index contributed by atoms with van der Waals surface area (Å²) in [5.41, 5.74) is -0.470. The zero-order valence-corrected chi connectivity index (χ0v) is 19.5. The highest BCUT2D eigenvalue weighted by atomic mass is 31.2. The summed E-state index contributed by atoms with van der Waals surface area (Å²) in [6.45, 7) is 15.2. The Morgan fingerprint density at radius 1 is 0.889 bits per heavy atom. The summed E-state index contributed by atoms with van der Waals surface area (Å²) in [5.74, 6) is 0.306. The number of hydrogen-bond donors (Lipinski definition) is 0. The highest BCUT2D eigenvalue weighted by Crippen LogP contribution is 2.54. The molecule has 3 aliphatic heterocycles. The van der Waals surface area contributed by atoms with Crippen molar-refractivity contribution in [3.63, 3.8) is 0 Å². The lowest BCUT2D eigenvalue weighted by atomic mass is 9.89. The summed E-state index contributed by atoms with van der Waals surface area (Å²) in [4.78, 5) is 0. The highest BCUT2D eigenvalue weighted by molar-refractivity contribution is 7.64. The van der Waals surface area contributed by atoms with Gasteiger partial charge in [0.1, 0.15) is 14.7 Å². The maximum absolute atomic E-state index is 6.39. The number of hydrogen-bond acceptors (Lipinski definition) is 6. The smallest absolute Gasteiger partial charge is 0.115 e. The molecule has 0 amide bonds. The molecule has 0 aromatic carbocycles. The van der Waals surface area contributed by atoms with Gasteiger partial charge in [-0.3, -0.25) is 0 Å². The van der Waals surface area contributed by atoms with Crippen molar-refractivity contribution in [2.45, 2.75) is 70.7 Å². The zero-order valence-electron chi connectivity index (χ0n) is 17.7. The first-order valence-corrected chi connectivity index (χ1v) is 14.3. The number of fused-ring (bicyclic) bond motifs is 4. The molecule has 6 nitrogen and oxygen atoms in total. The van der Waals surface area contributed by atoms with Crippen LogP contribution in [0.5, 0.6) is 0 Å². The molecule has 3 rings (SSSR count). The predicted octanol–water partition coefficient (Wildman–Crippen LogP) is 3.86. The van der Waals surface area contributed by atoms with E-state index in [0.717, 1.165) is 0 Å². The van der Waals surface area contributed by atoms with Crippen LogP contribution in [0, 0.1) is 11.8 Å². The zero-order chi connectivity index (χ0) is 20.2. The van der Waals surface area contributed by atoms with Crippen molar-refractivity contribution in [2.24, 2.45) is 11.8 Å². The summed E-state index contributed by atoms with van der Waals surface area (Å²) in [7, 11) is -4.54. The van der Waals surface area contributed by atoms with E-state index in [9.17, 15) is 0 Å². The molecule has 2 unspecified atom stereocenters. The Balaban J connectivity index is 1.89. The molecule has 8 heteroatoms. The van der Waals surface area contributed by atoms with E-state index in [4.69, 9.17) is 27.6 Å². The first-order chi connectivity index (χ1) is 12.3. The van der Waals surface area contributed by atoms with E-state index in [0.29, 0.717) is 13.2 Å². The summed E-state index contributed by atoms with van der Waals surface area (Å²) in [5, 5.41) is 0. The lowest BCUT2D eigenvalue weighted by Gasteiger charge is -2.35. The fraction of sp³-hybridized carbons (Fsp3) is 0.895. The SMILES string of the molecule is C=P1(C)OC[C@@]2(C)O[C@@H](C)[C@H](OP(=C)(C)OC[C@H]3O[C@@H](C)[C@H](O1)[C@@H]3C)[C@@H]2C. The van der Waals surface area contributed by atoms with E-state index in [1.54, 1.807) is 0 Å². The van der Waals surface area contributed by atoms with Crippen molar-refractivity contribution < 1.29 is 27.6 Å². The summed E-state index contributed by atoms with van der Waals surface area (Å²) in [6, 6.07) is 0. The van der Waals surface area contributed by atoms with Crippen molar-refractivity contribution in [3.05, 3.63) is 0 Å². The Morgan fingerprint density at radius 2 is 1.48 bits per heavy atom. The van der Waals surface area contributed by atoms with Crippen LogP contribution >= 0.6 is 14.7 Å². The van der Waals surface area contributed by atoms with E-state index in [-0.39, 0.29) is 42.4 Å². The van der Waals surface area contributed by atoms with Gasteiger partial charge in [-0.25, -0.2) is 0 Å². The Morgan fingerprint density at radius 3 is 2.15 bits per heavy atom. The molecule has 0 saturated carbocycles. The summed E-state index contributed by atoms with van der Waals surface area (Å²) < 4.78 is 37.5. The largest absolute Gasteiger partial charge is 0.370 e. The van der Waals surface area contributed by atoms with Crippen LogP contribution in [0.1, 0.15) is 34.6 Å². The van der Waals surface area contributed by atoms with Crippen molar-refractivity contribution in [1.29, 1.82) is 0 Å². The second-order valence-corrected chi connectivity index (χ2v) is 13.9. The molecule has 3 saturated heterocycles. The number of rotatable bonds is 0. The minimum Gasteiger partial charge on any atom is -0.370 e. The lowest BCUT2D eigenvalue weighted by molar-refractivity contribution is -0.0671. The van der Waals surface area contributed by atoms with Crippen LogP contribution in [0.2, 0.25) is 0 Å². The van der Waals surface area contributed by atoms with Crippen LogP contribution in [0.3, 0.4) is 0 Å². The van der Waals surface area contributed by atoms with Crippen LogP contribution in [-0.2, 0) is 27.6 Å². The van der Waals surface area contributed by atoms with Crippen molar-refractivity contribution in [1.82, 2.24) is 0 Å². The highest BCUT2D eigenvalue weighted by Gasteiger charge is 2.51. The van der Waals surface area contributed by atoms with Gasteiger partial charge in [0.25, 0.3) is 0 Å². The molecule has 4 bridgehead atoms. The Bertz CT molecular complexity index is 654.